The number of esters is 2. The summed E-state index contributed by atoms with van der Waals surface area (Å²) in [7, 11) is 1.13. The highest BCUT2D eigenvalue weighted by atomic mass is 35.5. The number of hydrogen-bond donors (Lipinski definition) is 0. The lowest BCUT2D eigenvalue weighted by atomic mass is 10.0. The van der Waals surface area contributed by atoms with Crippen molar-refractivity contribution >= 4 is 43.0 Å². The Bertz CT molecular complexity index is 970. The Hall–Kier alpha value is -0.410. The second-order valence-electron chi connectivity index (χ2n) is 17.0. The molecule has 0 amide bonds. The second-order valence-corrected chi connectivity index (χ2v) is 19.7. The van der Waals surface area contributed by atoms with E-state index in [2.05, 4.69) is 13.8 Å². The average molecular weight is 859 g/mol. The van der Waals surface area contributed by atoms with Gasteiger partial charge in [0.1, 0.15) is 19.8 Å². The maximum atomic E-state index is 12.7. The van der Waals surface area contributed by atoms with Crippen LogP contribution in [0.1, 0.15) is 206 Å². The Morgan fingerprint density at radius 1 is 0.554 bits per heavy atom. The molecule has 56 heavy (non-hydrogen) atoms. The van der Waals surface area contributed by atoms with Gasteiger partial charge in [-0.2, -0.15) is 0 Å². The average Bonchev–Trinajstić information content (AvgIpc) is 3.13. The van der Waals surface area contributed by atoms with Crippen molar-refractivity contribution in [2.75, 3.05) is 47.5 Å². The Morgan fingerprint density at radius 2 is 0.929 bits per heavy atom. The zero-order valence-corrected chi connectivity index (χ0v) is 39.1. The van der Waals surface area contributed by atoms with Gasteiger partial charge in [-0.05, 0) is 38.5 Å². The van der Waals surface area contributed by atoms with Gasteiger partial charge in [-0.3, -0.25) is 14.2 Å². The summed E-state index contributed by atoms with van der Waals surface area (Å²) in [6.45, 7) is 4.14. The number of alkyl halides is 2. The number of phosphoric acid groups is 1. The van der Waals surface area contributed by atoms with Crippen LogP contribution in [0.3, 0.4) is 0 Å². The fourth-order valence-corrected chi connectivity index (χ4v) is 7.87. The van der Waals surface area contributed by atoms with E-state index in [0.29, 0.717) is 23.9 Å². The fraction of sp³-hybridized carbons (Fsp3) is 0.955. The molecule has 12 heteroatoms. The molecule has 0 saturated carbocycles. The summed E-state index contributed by atoms with van der Waals surface area (Å²) in [6, 6.07) is 0. The third kappa shape index (κ3) is 40.4. The normalized spacial score (nSPS) is 14.6. The van der Waals surface area contributed by atoms with Gasteiger partial charge in [0.05, 0.1) is 27.7 Å². The smallest absolute Gasteiger partial charge is 0.306 e. The van der Waals surface area contributed by atoms with E-state index in [0.717, 1.165) is 77.0 Å². The van der Waals surface area contributed by atoms with E-state index in [-0.39, 0.29) is 36.8 Å². The van der Waals surface area contributed by atoms with E-state index in [9.17, 15) is 19.0 Å². The van der Waals surface area contributed by atoms with Crippen molar-refractivity contribution in [2.24, 2.45) is 0 Å². The first-order chi connectivity index (χ1) is 26.8. The molecule has 0 aromatic carbocycles. The molecule has 0 radical (unpaired) electrons. The van der Waals surface area contributed by atoms with E-state index in [1.54, 1.807) is 0 Å². The Kier molecular flexibility index (Phi) is 37.3. The summed E-state index contributed by atoms with van der Waals surface area (Å²) in [5.41, 5.74) is 0. The summed E-state index contributed by atoms with van der Waals surface area (Å²) in [5.74, 6) is -0.883. The largest absolute Gasteiger partial charge is 0.756 e. The summed E-state index contributed by atoms with van der Waals surface area (Å²) in [4.78, 5) is 37.6. The number of unbranched alkanes of at least 4 members (excludes halogenated alkanes) is 20. The highest BCUT2D eigenvalue weighted by Gasteiger charge is 2.22. The minimum atomic E-state index is -4.64. The summed E-state index contributed by atoms with van der Waals surface area (Å²) in [6.07, 6.45) is 31.4. The van der Waals surface area contributed by atoms with Gasteiger partial charge in [0.25, 0.3) is 7.82 Å². The van der Waals surface area contributed by atoms with E-state index in [1.165, 1.54) is 89.9 Å². The van der Waals surface area contributed by atoms with Crippen molar-refractivity contribution in [1.82, 2.24) is 0 Å². The van der Waals surface area contributed by atoms with Gasteiger partial charge in [-0.1, -0.05) is 155 Å². The summed E-state index contributed by atoms with van der Waals surface area (Å²) in [5, 5.41) is 0.491. The van der Waals surface area contributed by atoms with Crippen molar-refractivity contribution in [3.05, 3.63) is 0 Å². The molecule has 0 fully saturated rings. The van der Waals surface area contributed by atoms with Crippen LogP contribution in [0.2, 0.25) is 0 Å². The van der Waals surface area contributed by atoms with Gasteiger partial charge in [-0.25, -0.2) is 0 Å². The number of nitrogens with zero attached hydrogens (tertiary/aromatic N) is 1. The number of phosphoric ester groups is 1. The Morgan fingerprint density at radius 3 is 1.34 bits per heavy atom. The molecular formula is C44H86Cl2NO8P. The first kappa shape index (κ1) is 55.6. The van der Waals surface area contributed by atoms with Crippen molar-refractivity contribution in [3.63, 3.8) is 0 Å². The quantitative estimate of drug-likeness (QED) is 0.0196. The van der Waals surface area contributed by atoms with Crippen LogP contribution in [0, 0.1) is 0 Å². The van der Waals surface area contributed by atoms with Crippen molar-refractivity contribution < 1.29 is 42.1 Å². The second kappa shape index (κ2) is 37.6. The van der Waals surface area contributed by atoms with Gasteiger partial charge >= 0.3 is 11.9 Å². The van der Waals surface area contributed by atoms with Crippen LogP contribution in [0.4, 0.5) is 0 Å². The van der Waals surface area contributed by atoms with Crippen molar-refractivity contribution in [3.8, 4) is 0 Å². The zero-order chi connectivity index (χ0) is 41.8. The van der Waals surface area contributed by atoms with E-state index in [1.807, 2.05) is 21.1 Å². The highest BCUT2D eigenvalue weighted by Crippen LogP contribution is 2.38. The molecule has 0 aliphatic heterocycles. The number of ether oxygens (including phenoxy) is 2. The minimum Gasteiger partial charge on any atom is -0.756 e. The molecular weight excluding hydrogens is 772 g/mol. The molecule has 9 nitrogen and oxygen atoms in total. The Balaban J connectivity index is 4.42. The lowest BCUT2D eigenvalue weighted by Crippen LogP contribution is -2.37. The minimum absolute atomic E-state index is 0.0415. The lowest BCUT2D eigenvalue weighted by Gasteiger charge is -2.28. The van der Waals surface area contributed by atoms with Crippen molar-refractivity contribution in [1.29, 1.82) is 0 Å². The van der Waals surface area contributed by atoms with Gasteiger partial charge in [0.15, 0.2) is 6.10 Å². The molecule has 4 atom stereocenters. The van der Waals surface area contributed by atoms with E-state index >= 15 is 0 Å². The monoisotopic (exact) mass is 858 g/mol. The van der Waals surface area contributed by atoms with Gasteiger partial charge in [0, 0.05) is 23.6 Å². The van der Waals surface area contributed by atoms with E-state index < -0.39 is 32.5 Å². The maximum absolute atomic E-state index is 12.7. The van der Waals surface area contributed by atoms with Crippen molar-refractivity contribution in [2.45, 2.75) is 223 Å². The van der Waals surface area contributed by atoms with Crippen LogP contribution in [-0.2, 0) is 32.7 Å². The number of hydrogen-bond acceptors (Lipinski definition) is 8. The SMILES string of the molecule is CCCCCCCCCC(Cl)CCCCCCCC(=O)OC[C@H](COP(=O)([O-])OCC[N+](C)(C)C)OC(=O)CCCCCCCC(Cl)CCCCCCCCC. The van der Waals surface area contributed by atoms with Crippen LogP contribution < -0.4 is 4.89 Å². The number of quaternary nitrogens is 1. The lowest BCUT2D eigenvalue weighted by molar-refractivity contribution is -0.870. The van der Waals surface area contributed by atoms with Crippen LogP contribution >= 0.6 is 31.0 Å². The molecule has 0 aliphatic carbocycles. The van der Waals surface area contributed by atoms with Crippen LogP contribution in [0.25, 0.3) is 0 Å². The summed E-state index contributed by atoms with van der Waals surface area (Å²) < 4.78 is 33.9. The third-order valence-electron chi connectivity index (χ3n) is 10.2. The number of carbonyl (C=O) groups is 2. The molecule has 0 aromatic heterocycles. The predicted molar refractivity (Wildman–Crippen MR) is 232 cm³/mol. The molecule has 0 spiro atoms. The van der Waals surface area contributed by atoms with E-state index in [4.69, 9.17) is 41.7 Å². The fourth-order valence-electron chi connectivity index (χ4n) is 6.52. The molecule has 3 unspecified atom stereocenters. The summed E-state index contributed by atoms with van der Waals surface area (Å²) >= 11 is 13.1. The van der Waals surface area contributed by atoms with Crippen LogP contribution in [0.5, 0.6) is 0 Å². The number of likely N-dealkylation sites (N-methyl/N-ethyl adjacent to an activating group) is 1. The highest BCUT2D eigenvalue weighted by molar-refractivity contribution is 7.45. The number of halogens is 2. The third-order valence-corrected chi connectivity index (χ3v) is 12.0. The molecule has 0 bridgehead atoms. The van der Waals surface area contributed by atoms with Crippen LogP contribution in [0.15, 0.2) is 0 Å². The molecule has 0 heterocycles. The van der Waals surface area contributed by atoms with Gasteiger partial charge in [-0.15, -0.1) is 23.2 Å². The van der Waals surface area contributed by atoms with Crippen LogP contribution in [-0.4, -0.2) is 80.8 Å². The molecule has 0 aliphatic rings. The molecule has 0 aromatic rings. The van der Waals surface area contributed by atoms with Gasteiger partial charge in [0.2, 0.25) is 0 Å². The standard InChI is InChI=1S/C44H86Cl2NO8P/c1-6-8-10-12-14-18-24-30-40(45)32-26-20-16-22-28-34-43(48)52-38-42(39-54-56(50,51)53-37-36-47(3,4)5)55-44(49)35-29-23-17-21-27-33-41(46)31-25-19-15-13-11-9-7-2/h40-42H,6-39H2,1-5H3/t40?,41?,42-/m1/s1. The Labute approximate surface area is 354 Å². The maximum Gasteiger partial charge on any atom is 0.306 e. The molecule has 0 rings (SSSR count). The number of carbonyl (C=O) groups excluding carboxylic acids is 2. The molecule has 0 saturated heterocycles. The van der Waals surface area contributed by atoms with Gasteiger partial charge < -0.3 is 27.9 Å². The zero-order valence-electron chi connectivity index (χ0n) is 36.7. The first-order valence-electron chi connectivity index (χ1n) is 22.8. The number of rotatable bonds is 42. The predicted octanol–water partition coefficient (Wildman–Crippen LogP) is 12.6. The molecule has 334 valence electrons. The topological polar surface area (TPSA) is 111 Å². The molecule has 0 N–H and O–H groups in total. The first-order valence-corrected chi connectivity index (χ1v) is 25.1.